The highest BCUT2D eigenvalue weighted by Crippen LogP contribution is 2.40. The van der Waals surface area contributed by atoms with Crippen LogP contribution in [-0.2, 0) is 16.8 Å². The molecule has 0 atom stereocenters. The fourth-order valence-electron chi connectivity index (χ4n) is 2.83. The smallest absolute Gasteiger partial charge is 0.230 e. The Balaban J connectivity index is 2.20. The summed E-state index contributed by atoms with van der Waals surface area (Å²) in [4.78, 5) is 11.4. The van der Waals surface area contributed by atoms with Crippen LogP contribution in [0.15, 0.2) is 36.4 Å². The number of benzene rings is 2. The van der Waals surface area contributed by atoms with Crippen LogP contribution in [0.1, 0.15) is 50.3 Å². The fourth-order valence-corrected chi connectivity index (χ4v) is 3.63. The van der Waals surface area contributed by atoms with Crippen molar-refractivity contribution >= 4 is 45.0 Å². The van der Waals surface area contributed by atoms with Crippen molar-refractivity contribution in [3.05, 3.63) is 63.1 Å². The van der Waals surface area contributed by atoms with Crippen molar-refractivity contribution in [2.45, 2.75) is 45.6 Å². The van der Waals surface area contributed by atoms with Gasteiger partial charge in [0.1, 0.15) is 0 Å². The second-order valence-corrected chi connectivity index (χ2v) is 8.58. The Bertz CT molecular complexity index is 784. The van der Waals surface area contributed by atoms with Gasteiger partial charge < -0.3 is 10.1 Å². The average molecular weight is 487 g/mol. The zero-order valence-electron chi connectivity index (χ0n) is 16.5. The lowest BCUT2D eigenvalue weighted by Crippen LogP contribution is -2.23. The minimum atomic E-state index is -0.285. The van der Waals surface area contributed by atoms with E-state index < -0.39 is 0 Å². The standard InChI is InChI=1S/C22H26BrCl2NO2/c1-4-5-10-28-21-18(24)11-17(12-19(21)25)22(2,3)16-8-6-15(7-9-16)14-26-20(27)13-23/h6-9,11-12H,4-5,10,13-14H2,1-3H3,(H,26,27). The van der Waals surface area contributed by atoms with Gasteiger partial charge in [-0.05, 0) is 35.2 Å². The molecule has 2 aromatic carbocycles. The Morgan fingerprint density at radius 1 is 1.11 bits per heavy atom. The molecular formula is C22H26BrCl2NO2. The van der Waals surface area contributed by atoms with Crippen LogP contribution in [0.4, 0.5) is 0 Å². The molecule has 0 unspecified atom stereocenters. The molecule has 152 valence electrons. The maximum Gasteiger partial charge on any atom is 0.230 e. The summed E-state index contributed by atoms with van der Waals surface area (Å²) < 4.78 is 5.75. The van der Waals surface area contributed by atoms with E-state index >= 15 is 0 Å². The van der Waals surface area contributed by atoms with E-state index in [4.69, 9.17) is 27.9 Å². The predicted molar refractivity (Wildman–Crippen MR) is 121 cm³/mol. The number of nitrogens with one attached hydrogen (secondary N) is 1. The van der Waals surface area contributed by atoms with E-state index in [1.807, 2.05) is 24.3 Å². The molecule has 2 aromatic rings. The fraction of sp³-hybridized carbons (Fsp3) is 0.409. The molecule has 3 nitrogen and oxygen atoms in total. The number of ether oxygens (including phenoxy) is 1. The van der Waals surface area contributed by atoms with Crippen LogP contribution in [0.25, 0.3) is 0 Å². The number of halogens is 3. The van der Waals surface area contributed by atoms with Gasteiger partial charge in [0.05, 0.1) is 22.0 Å². The second-order valence-electron chi connectivity index (χ2n) is 7.20. The van der Waals surface area contributed by atoms with Gasteiger partial charge >= 0.3 is 0 Å². The first kappa shape index (κ1) is 23.1. The molecule has 0 aliphatic rings. The average Bonchev–Trinajstić information content (AvgIpc) is 2.68. The Hall–Kier alpha value is -1.23. The maximum atomic E-state index is 11.4. The van der Waals surface area contributed by atoms with Gasteiger partial charge in [0.15, 0.2) is 5.75 Å². The monoisotopic (exact) mass is 485 g/mol. The third kappa shape index (κ3) is 5.88. The third-order valence-corrected chi connectivity index (χ3v) is 5.82. The molecule has 0 spiro atoms. The van der Waals surface area contributed by atoms with E-state index in [1.165, 1.54) is 0 Å². The first-order chi connectivity index (χ1) is 13.3. The van der Waals surface area contributed by atoms with Crippen LogP contribution in [0.3, 0.4) is 0 Å². The number of carbonyl (C=O) groups excluding carboxylic acids is 1. The number of unbranched alkanes of at least 4 members (excludes halogenated alkanes) is 1. The molecule has 0 heterocycles. The molecule has 0 saturated carbocycles. The first-order valence-electron chi connectivity index (χ1n) is 9.34. The van der Waals surface area contributed by atoms with Gasteiger partial charge in [0.2, 0.25) is 5.91 Å². The molecule has 0 bridgehead atoms. The van der Waals surface area contributed by atoms with Crippen LogP contribution in [-0.4, -0.2) is 17.8 Å². The lowest BCUT2D eigenvalue weighted by Gasteiger charge is -2.27. The van der Waals surface area contributed by atoms with Gasteiger partial charge in [-0.3, -0.25) is 4.79 Å². The molecule has 6 heteroatoms. The van der Waals surface area contributed by atoms with Gasteiger partial charge in [-0.1, -0.05) is 90.6 Å². The first-order valence-corrected chi connectivity index (χ1v) is 11.2. The number of alkyl halides is 1. The quantitative estimate of drug-likeness (QED) is 0.324. The number of hydrogen-bond donors (Lipinski definition) is 1. The van der Waals surface area contributed by atoms with Crippen molar-refractivity contribution < 1.29 is 9.53 Å². The SMILES string of the molecule is CCCCOc1c(Cl)cc(C(C)(C)c2ccc(CNC(=O)CBr)cc2)cc1Cl. The van der Waals surface area contributed by atoms with Crippen LogP contribution in [0.5, 0.6) is 5.75 Å². The molecule has 0 saturated heterocycles. The molecule has 0 aromatic heterocycles. The van der Waals surface area contributed by atoms with E-state index in [0.717, 1.165) is 29.5 Å². The lowest BCUT2D eigenvalue weighted by molar-refractivity contribution is -0.118. The summed E-state index contributed by atoms with van der Waals surface area (Å²) in [6.45, 7) is 7.49. The molecule has 0 aliphatic heterocycles. The summed E-state index contributed by atoms with van der Waals surface area (Å²) in [5.41, 5.74) is 2.91. The number of rotatable bonds is 9. The van der Waals surface area contributed by atoms with E-state index in [9.17, 15) is 4.79 Å². The third-order valence-electron chi connectivity index (χ3n) is 4.75. The Labute approximate surface area is 185 Å². The van der Waals surface area contributed by atoms with Crippen molar-refractivity contribution in [1.82, 2.24) is 5.32 Å². The van der Waals surface area contributed by atoms with Crippen molar-refractivity contribution in [1.29, 1.82) is 0 Å². The van der Waals surface area contributed by atoms with E-state index in [2.05, 4.69) is 54.2 Å². The van der Waals surface area contributed by atoms with Gasteiger partial charge in [0.25, 0.3) is 0 Å². The molecule has 28 heavy (non-hydrogen) atoms. The topological polar surface area (TPSA) is 38.3 Å². The van der Waals surface area contributed by atoms with E-state index in [-0.39, 0.29) is 11.3 Å². The van der Waals surface area contributed by atoms with Crippen LogP contribution in [0, 0.1) is 0 Å². The number of amides is 1. The summed E-state index contributed by atoms with van der Waals surface area (Å²) in [7, 11) is 0. The normalized spacial score (nSPS) is 11.4. The summed E-state index contributed by atoms with van der Waals surface area (Å²) in [6, 6.07) is 12.1. The summed E-state index contributed by atoms with van der Waals surface area (Å²) in [5, 5.41) is 4.21. The van der Waals surface area contributed by atoms with Crippen molar-refractivity contribution in [2.75, 3.05) is 11.9 Å². The number of hydrogen-bond acceptors (Lipinski definition) is 2. The lowest BCUT2D eigenvalue weighted by atomic mass is 9.78. The minimum Gasteiger partial charge on any atom is -0.490 e. The minimum absolute atomic E-state index is 0.0325. The van der Waals surface area contributed by atoms with Crippen LogP contribution < -0.4 is 10.1 Å². The van der Waals surface area contributed by atoms with Crippen molar-refractivity contribution in [2.24, 2.45) is 0 Å². The zero-order valence-corrected chi connectivity index (χ0v) is 19.5. The Kier molecular flexibility index (Phi) is 8.66. The summed E-state index contributed by atoms with van der Waals surface area (Å²) in [6.07, 6.45) is 2.01. The molecule has 1 amide bonds. The van der Waals surface area contributed by atoms with E-state index in [0.29, 0.717) is 34.3 Å². The van der Waals surface area contributed by atoms with Gasteiger partial charge in [0, 0.05) is 12.0 Å². The highest BCUT2D eigenvalue weighted by Gasteiger charge is 2.25. The molecule has 1 N–H and O–H groups in total. The molecular weight excluding hydrogens is 461 g/mol. The number of carbonyl (C=O) groups is 1. The van der Waals surface area contributed by atoms with Gasteiger partial charge in [-0.15, -0.1) is 0 Å². The Morgan fingerprint density at radius 2 is 1.71 bits per heavy atom. The van der Waals surface area contributed by atoms with Crippen LogP contribution >= 0.6 is 39.1 Å². The summed E-state index contributed by atoms with van der Waals surface area (Å²) in [5.74, 6) is 0.518. The second kappa shape index (κ2) is 10.5. The molecule has 0 radical (unpaired) electrons. The van der Waals surface area contributed by atoms with Crippen molar-refractivity contribution in [3.8, 4) is 5.75 Å². The predicted octanol–water partition coefficient (Wildman–Crippen LogP) is 6.51. The summed E-state index contributed by atoms with van der Waals surface area (Å²) >= 11 is 16.1. The van der Waals surface area contributed by atoms with Gasteiger partial charge in [-0.2, -0.15) is 0 Å². The van der Waals surface area contributed by atoms with E-state index in [1.54, 1.807) is 0 Å². The van der Waals surface area contributed by atoms with Crippen LogP contribution in [0.2, 0.25) is 10.0 Å². The van der Waals surface area contributed by atoms with Gasteiger partial charge in [-0.25, -0.2) is 0 Å². The molecule has 0 aliphatic carbocycles. The zero-order chi connectivity index (χ0) is 20.7. The molecule has 2 rings (SSSR count). The highest BCUT2D eigenvalue weighted by atomic mass is 79.9. The highest BCUT2D eigenvalue weighted by molar-refractivity contribution is 9.09. The van der Waals surface area contributed by atoms with Crippen molar-refractivity contribution in [3.63, 3.8) is 0 Å². The Morgan fingerprint density at radius 3 is 2.25 bits per heavy atom. The molecule has 0 fully saturated rings. The maximum absolute atomic E-state index is 11.4. The largest absolute Gasteiger partial charge is 0.490 e.